The summed E-state index contributed by atoms with van der Waals surface area (Å²) in [6.07, 6.45) is 1.85. The lowest BCUT2D eigenvalue weighted by Gasteiger charge is -2.09. The van der Waals surface area contributed by atoms with Gasteiger partial charge in [-0.15, -0.1) is 0 Å². The van der Waals surface area contributed by atoms with Gasteiger partial charge in [-0.3, -0.25) is 4.98 Å². The molecule has 1 heterocycles. The maximum absolute atomic E-state index is 8.61. The molecule has 0 fully saturated rings. The van der Waals surface area contributed by atoms with Crippen molar-refractivity contribution in [2.75, 3.05) is 0 Å². The molecule has 0 bridgehead atoms. The average molecular weight is 192 g/mol. The third-order valence-electron chi connectivity index (χ3n) is 2.29. The van der Waals surface area contributed by atoms with Crippen molar-refractivity contribution in [1.82, 2.24) is 4.98 Å². The molecule has 0 saturated carbocycles. The maximum Gasteiger partial charge on any atom is 0.102 e. The van der Waals surface area contributed by atoms with Gasteiger partial charge in [0, 0.05) is 6.20 Å². The SMILES string of the molecule is C/C(=N\O)c1cc(C)c(C(C)C)cn1. The first-order valence-corrected chi connectivity index (χ1v) is 4.71. The Morgan fingerprint density at radius 1 is 1.50 bits per heavy atom. The molecule has 0 radical (unpaired) electrons. The van der Waals surface area contributed by atoms with Crippen LogP contribution in [-0.4, -0.2) is 15.9 Å². The van der Waals surface area contributed by atoms with Crippen molar-refractivity contribution in [3.8, 4) is 0 Å². The van der Waals surface area contributed by atoms with Crippen LogP contribution in [-0.2, 0) is 0 Å². The first-order valence-electron chi connectivity index (χ1n) is 4.71. The molecule has 1 rings (SSSR count). The van der Waals surface area contributed by atoms with Crippen molar-refractivity contribution in [3.63, 3.8) is 0 Å². The van der Waals surface area contributed by atoms with Gasteiger partial charge in [-0.1, -0.05) is 19.0 Å². The zero-order chi connectivity index (χ0) is 10.7. The Hall–Kier alpha value is -1.38. The highest BCUT2D eigenvalue weighted by Gasteiger charge is 2.06. The van der Waals surface area contributed by atoms with Gasteiger partial charge in [0.1, 0.15) is 5.71 Å². The molecule has 1 aromatic heterocycles. The molecule has 0 unspecified atom stereocenters. The zero-order valence-electron chi connectivity index (χ0n) is 9.07. The van der Waals surface area contributed by atoms with Crippen molar-refractivity contribution in [3.05, 3.63) is 29.1 Å². The molecule has 0 aliphatic heterocycles. The van der Waals surface area contributed by atoms with Gasteiger partial charge >= 0.3 is 0 Å². The lowest BCUT2D eigenvalue weighted by Crippen LogP contribution is -2.02. The van der Waals surface area contributed by atoms with E-state index in [1.54, 1.807) is 6.92 Å². The van der Waals surface area contributed by atoms with E-state index < -0.39 is 0 Å². The predicted molar refractivity (Wildman–Crippen MR) is 57.1 cm³/mol. The van der Waals surface area contributed by atoms with Crippen molar-refractivity contribution in [1.29, 1.82) is 0 Å². The summed E-state index contributed by atoms with van der Waals surface area (Å²) in [5.41, 5.74) is 3.70. The van der Waals surface area contributed by atoms with E-state index in [9.17, 15) is 0 Å². The minimum Gasteiger partial charge on any atom is -0.411 e. The third-order valence-corrected chi connectivity index (χ3v) is 2.29. The Labute approximate surface area is 84.5 Å². The van der Waals surface area contributed by atoms with Crippen LogP contribution in [0.2, 0.25) is 0 Å². The monoisotopic (exact) mass is 192 g/mol. The Bertz CT molecular complexity index is 356. The fourth-order valence-corrected chi connectivity index (χ4v) is 1.42. The lowest BCUT2D eigenvalue weighted by molar-refractivity contribution is 0.319. The summed E-state index contributed by atoms with van der Waals surface area (Å²) in [5, 5.41) is 11.7. The van der Waals surface area contributed by atoms with Crippen LogP contribution in [0.5, 0.6) is 0 Å². The van der Waals surface area contributed by atoms with Gasteiger partial charge in [0.2, 0.25) is 0 Å². The molecule has 3 heteroatoms. The molecule has 0 saturated heterocycles. The maximum atomic E-state index is 8.61. The molecule has 1 N–H and O–H groups in total. The Morgan fingerprint density at radius 3 is 2.57 bits per heavy atom. The molecule has 0 aliphatic rings. The molecule has 0 atom stereocenters. The van der Waals surface area contributed by atoms with E-state index >= 15 is 0 Å². The van der Waals surface area contributed by atoms with Crippen molar-refractivity contribution >= 4 is 5.71 Å². The highest BCUT2D eigenvalue weighted by molar-refractivity contribution is 5.96. The summed E-state index contributed by atoms with van der Waals surface area (Å²) in [5.74, 6) is 0.475. The molecule has 0 spiro atoms. The smallest absolute Gasteiger partial charge is 0.102 e. The second-order valence-corrected chi connectivity index (χ2v) is 3.77. The van der Waals surface area contributed by atoms with Crippen molar-refractivity contribution in [2.24, 2.45) is 5.16 Å². The average Bonchev–Trinajstić information content (AvgIpc) is 2.15. The Kier molecular flexibility index (Phi) is 3.23. The number of aromatic nitrogens is 1. The second kappa shape index (κ2) is 4.22. The van der Waals surface area contributed by atoms with Gasteiger partial charge in [-0.2, -0.15) is 0 Å². The van der Waals surface area contributed by atoms with Crippen LogP contribution in [0.1, 0.15) is 43.5 Å². The zero-order valence-corrected chi connectivity index (χ0v) is 9.07. The van der Waals surface area contributed by atoms with E-state index in [2.05, 4.69) is 24.0 Å². The molecule has 1 aromatic rings. The summed E-state index contributed by atoms with van der Waals surface area (Å²) >= 11 is 0. The van der Waals surface area contributed by atoms with Crippen LogP contribution in [0.4, 0.5) is 0 Å². The standard InChI is InChI=1S/C11H16N2O/c1-7(2)10-6-12-11(5-8(10)3)9(4)13-14/h5-7,14H,1-4H3/b13-9+. The van der Waals surface area contributed by atoms with Crippen LogP contribution in [0.15, 0.2) is 17.4 Å². The summed E-state index contributed by atoms with van der Waals surface area (Å²) in [7, 11) is 0. The molecular weight excluding hydrogens is 176 g/mol. The minimum absolute atomic E-state index is 0.475. The number of nitrogens with zero attached hydrogens (tertiary/aromatic N) is 2. The summed E-state index contributed by atoms with van der Waals surface area (Å²) in [4.78, 5) is 4.24. The molecule has 3 nitrogen and oxygen atoms in total. The quantitative estimate of drug-likeness (QED) is 0.445. The van der Waals surface area contributed by atoms with E-state index in [0.29, 0.717) is 11.6 Å². The number of rotatable bonds is 2. The van der Waals surface area contributed by atoms with Gasteiger partial charge in [-0.25, -0.2) is 0 Å². The number of pyridine rings is 1. The number of hydrogen-bond acceptors (Lipinski definition) is 3. The summed E-state index contributed by atoms with van der Waals surface area (Å²) < 4.78 is 0. The van der Waals surface area contributed by atoms with Crippen LogP contribution in [0.3, 0.4) is 0 Å². The summed E-state index contributed by atoms with van der Waals surface area (Å²) in [6, 6.07) is 1.95. The largest absolute Gasteiger partial charge is 0.411 e. The molecule has 76 valence electrons. The molecule has 0 aliphatic carbocycles. The molecule has 0 amide bonds. The summed E-state index contributed by atoms with van der Waals surface area (Å²) in [6.45, 7) is 8.05. The highest BCUT2D eigenvalue weighted by atomic mass is 16.4. The van der Waals surface area contributed by atoms with E-state index in [1.807, 2.05) is 19.2 Å². The van der Waals surface area contributed by atoms with Gasteiger partial charge in [0.05, 0.1) is 5.69 Å². The fraction of sp³-hybridized carbons (Fsp3) is 0.455. The van der Waals surface area contributed by atoms with E-state index in [4.69, 9.17) is 5.21 Å². The van der Waals surface area contributed by atoms with Crippen LogP contribution in [0, 0.1) is 6.92 Å². The normalized spacial score (nSPS) is 12.2. The van der Waals surface area contributed by atoms with Crippen molar-refractivity contribution in [2.45, 2.75) is 33.6 Å². The van der Waals surface area contributed by atoms with E-state index in [1.165, 1.54) is 11.1 Å². The minimum atomic E-state index is 0.475. The first kappa shape index (κ1) is 10.7. The second-order valence-electron chi connectivity index (χ2n) is 3.77. The van der Waals surface area contributed by atoms with Gasteiger partial charge in [-0.05, 0) is 37.0 Å². The lowest BCUT2D eigenvalue weighted by atomic mass is 9.99. The highest BCUT2D eigenvalue weighted by Crippen LogP contribution is 2.18. The first-order chi connectivity index (χ1) is 6.56. The molecular formula is C11H16N2O. The third kappa shape index (κ3) is 2.10. The van der Waals surface area contributed by atoms with Crippen LogP contribution >= 0.6 is 0 Å². The van der Waals surface area contributed by atoms with E-state index in [0.717, 1.165) is 5.69 Å². The number of aryl methyl sites for hydroxylation is 1. The number of oxime groups is 1. The van der Waals surface area contributed by atoms with Gasteiger partial charge in [0.25, 0.3) is 0 Å². The van der Waals surface area contributed by atoms with E-state index in [-0.39, 0.29) is 0 Å². The Balaban J connectivity index is 3.13. The number of hydrogen-bond donors (Lipinski definition) is 1. The topological polar surface area (TPSA) is 45.5 Å². The van der Waals surface area contributed by atoms with Gasteiger partial charge < -0.3 is 5.21 Å². The molecule has 0 aromatic carbocycles. The van der Waals surface area contributed by atoms with Crippen molar-refractivity contribution < 1.29 is 5.21 Å². The van der Waals surface area contributed by atoms with Crippen LogP contribution < -0.4 is 0 Å². The fourth-order valence-electron chi connectivity index (χ4n) is 1.42. The Morgan fingerprint density at radius 2 is 2.14 bits per heavy atom. The van der Waals surface area contributed by atoms with Crippen LogP contribution in [0.25, 0.3) is 0 Å². The van der Waals surface area contributed by atoms with Gasteiger partial charge in [0.15, 0.2) is 0 Å². The molecule has 14 heavy (non-hydrogen) atoms. The predicted octanol–water partition coefficient (Wildman–Crippen LogP) is 2.71.